The summed E-state index contributed by atoms with van der Waals surface area (Å²) >= 11 is 0. The van der Waals surface area contributed by atoms with E-state index in [-0.39, 0.29) is 68.8 Å². The minimum atomic E-state index is -5.26. The molecule has 65 heavy (non-hydrogen) atoms. The summed E-state index contributed by atoms with van der Waals surface area (Å²) < 4.78 is 89.6. The maximum absolute atomic E-state index is 14.5. The van der Waals surface area contributed by atoms with Gasteiger partial charge in [0.1, 0.15) is 37.8 Å². The second-order valence-electron chi connectivity index (χ2n) is 15.5. The van der Waals surface area contributed by atoms with Gasteiger partial charge >= 0.3 is 6.18 Å². The van der Waals surface area contributed by atoms with Gasteiger partial charge in [0.25, 0.3) is 5.78 Å². The van der Waals surface area contributed by atoms with Crippen molar-refractivity contribution in [1.82, 2.24) is 4.57 Å². The molecule has 10 nitrogen and oxygen atoms in total. The van der Waals surface area contributed by atoms with Crippen LogP contribution < -0.4 is 9.47 Å². The Labute approximate surface area is 374 Å². The van der Waals surface area contributed by atoms with E-state index in [9.17, 15) is 23.1 Å². The molecule has 5 atom stereocenters. The number of fused-ring (bicyclic) bond motifs is 1. The van der Waals surface area contributed by atoms with Crippen LogP contribution in [0.25, 0.3) is 10.9 Å². The first-order valence-electron chi connectivity index (χ1n) is 21.2. The molecule has 0 saturated carbocycles. The summed E-state index contributed by atoms with van der Waals surface area (Å²) in [5, 5.41) is 12.1. The van der Waals surface area contributed by atoms with Crippen molar-refractivity contribution in [2.24, 2.45) is 0 Å². The van der Waals surface area contributed by atoms with Crippen LogP contribution in [0.3, 0.4) is 0 Å². The SMILES string of the molecule is O=C(c1cn(COCc2ccccc2)c2ccc(OCc3ccccc3)c(O[C@@H]3O[C@H](COCc4ccccc4)[C@@H](OCc4ccccc4)[C@H](OCc4ccccc4)[C@H]3O)c12)C(F)(F)F. The molecule has 0 radical (unpaired) electrons. The Morgan fingerprint density at radius 1 is 0.600 bits per heavy atom. The van der Waals surface area contributed by atoms with Crippen LogP contribution in [0.1, 0.15) is 38.2 Å². The van der Waals surface area contributed by atoms with Gasteiger partial charge in [-0.05, 0) is 39.9 Å². The molecule has 0 spiro atoms. The third-order valence-electron chi connectivity index (χ3n) is 10.9. The summed E-state index contributed by atoms with van der Waals surface area (Å²) in [5.41, 5.74) is 3.66. The van der Waals surface area contributed by atoms with E-state index in [0.717, 1.165) is 34.0 Å². The number of rotatable bonds is 20. The Bertz CT molecular complexity index is 2560. The summed E-state index contributed by atoms with van der Waals surface area (Å²) in [4.78, 5) is 13.4. The van der Waals surface area contributed by atoms with E-state index in [1.165, 1.54) is 4.57 Å². The van der Waals surface area contributed by atoms with Gasteiger partial charge in [-0.1, -0.05) is 152 Å². The van der Waals surface area contributed by atoms with Crippen molar-refractivity contribution in [2.45, 2.75) is 76.6 Å². The number of aromatic nitrogens is 1. The number of ether oxygens (including phenoxy) is 7. The highest BCUT2D eigenvalue weighted by Gasteiger charge is 2.49. The number of carbonyl (C=O) groups is 1. The van der Waals surface area contributed by atoms with E-state index in [1.807, 2.05) is 152 Å². The molecule has 0 aliphatic carbocycles. The number of aliphatic hydroxyl groups is 1. The fraction of sp³-hybridized carbons (Fsp3) is 0.250. The zero-order valence-electron chi connectivity index (χ0n) is 35.3. The summed E-state index contributed by atoms with van der Waals surface area (Å²) in [5.74, 6) is -2.37. The molecule has 0 amide bonds. The lowest BCUT2D eigenvalue weighted by molar-refractivity contribution is -0.299. The normalized spacial score (nSPS) is 18.7. The number of carbonyl (C=O) groups excluding carboxylic acids is 1. The molecule has 1 aromatic heterocycles. The second-order valence-corrected chi connectivity index (χ2v) is 15.5. The van der Waals surface area contributed by atoms with Gasteiger partial charge in [0.15, 0.2) is 11.5 Å². The van der Waals surface area contributed by atoms with Crippen LogP contribution in [0.5, 0.6) is 11.5 Å². The van der Waals surface area contributed by atoms with Crippen molar-refractivity contribution in [3.05, 3.63) is 203 Å². The molecule has 8 rings (SSSR count). The highest BCUT2D eigenvalue weighted by molar-refractivity contribution is 6.13. The highest BCUT2D eigenvalue weighted by Crippen LogP contribution is 2.43. The Hall–Kier alpha value is -6.32. The Balaban J connectivity index is 1.19. The van der Waals surface area contributed by atoms with Crippen molar-refractivity contribution >= 4 is 16.7 Å². The number of alkyl halides is 3. The van der Waals surface area contributed by atoms with Gasteiger partial charge in [0.05, 0.1) is 49.5 Å². The van der Waals surface area contributed by atoms with E-state index < -0.39 is 48.2 Å². The van der Waals surface area contributed by atoms with Crippen LogP contribution in [-0.4, -0.2) is 58.9 Å². The summed E-state index contributed by atoms with van der Waals surface area (Å²) in [6.07, 6.45) is -10.4. The third-order valence-corrected chi connectivity index (χ3v) is 10.9. The molecule has 1 aliphatic heterocycles. The molecule has 1 N–H and O–H groups in total. The molecule has 1 aliphatic rings. The zero-order chi connectivity index (χ0) is 45.0. The Morgan fingerprint density at radius 3 is 1.60 bits per heavy atom. The smallest absolute Gasteiger partial charge is 0.454 e. The van der Waals surface area contributed by atoms with Crippen LogP contribution >= 0.6 is 0 Å². The highest BCUT2D eigenvalue weighted by atomic mass is 19.4. The van der Waals surface area contributed by atoms with E-state index in [4.69, 9.17) is 33.2 Å². The third kappa shape index (κ3) is 11.7. The molecule has 1 fully saturated rings. The number of benzene rings is 6. The largest absolute Gasteiger partial charge is 0.485 e. The quantitative estimate of drug-likeness (QED) is 0.0749. The fourth-order valence-corrected chi connectivity index (χ4v) is 7.61. The van der Waals surface area contributed by atoms with Gasteiger partial charge in [0.2, 0.25) is 6.29 Å². The average molecular weight is 888 g/mol. The van der Waals surface area contributed by atoms with Crippen molar-refractivity contribution in [3.8, 4) is 11.5 Å². The summed E-state index contributed by atoms with van der Waals surface area (Å²) in [7, 11) is 0. The first kappa shape index (κ1) is 45.3. The molecular weight excluding hydrogens is 840 g/mol. The first-order chi connectivity index (χ1) is 31.7. The van der Waals surface area contributed by atoms with Crippen LogP contribution in [0.2, 0.25) is 0 Å². The summed E-state index contributed by atoms with van der Waals surface area (Å²) in [6.45, 7) is 0.296. The van der Waals surface area contributed by atoms with Crippen molar-refractivity contribution < 1.29 is 56.2 Å². The van der Waals surface area contributed by atoms with Crippen LogP contribution in [-0.2, 0) is 63.4 Å². The average Bonchev–Trinajstić information content (AvgIpc) is 3.70. The zero-order valence-corrected chi connectivity index (χ0v) is 35.3. The van der Waals surface area contributed by atoms with Crippen molar-refractivity contribution in [3.63, 3.8) is 0 Å². The first-order valence-corrected chi connectivity index (χ1v) is 21.2. The number of aliphatic hydroxyl groups excluding tert-OH is 1. The predicted molar refractivity (Wildman–Crippen MR) is 236 cm³/mol. The molecular formula is C52H48F3NO9. The van der Waals surface area contributed by atoms with Crippen LogP contribution in [0.4, 0.5) is 13.2 Å². The standard InChI is InChI=1S/C52H48F3NO9/c53-52(54,55)50(58)41-28-56(35-60-30-37-18-8-2-9-19-37)42-26-27-43(61-31-38-20-10-3-11-21-38)47(45(41)42)65-51-46(57)49(63-33-40-24-14-5-15-25-40)48(62-32-39-22-12-4-13-23-39)44(64-51)34-59-29-36-16-6-1-7-17-36/h1-28,44,46,48-49,51,57H,29-35H2/t44-,46-,48-,49-,51+/m1/s1. The number of Topliss-reactive ketones (excluding diaryl/α,β-unsaturated/α-hetero) is 1. The van der Waals surface area contributed by atoms with Crippen LogP contribution in [0, 0.1) is 0 Å². The molecule has 1 saturated heterocycles. The minimum Gasteiger partial charge on any atom is -0.485 e. The van der Waals surface area contributed by atoms with Gasteiger partial charge in [-0.15, -0.1) is 0 Å². The Kier molecular flexibility index (Phi) is 15.0. The van der Waals surface area contributed by atoms with Crippen molar-refractivity contribution in [2.75, 3.05) is 6.61 Å². The number of halogens is 3. The molecule has 13 heteroatoms. The lowest BCUT2D eigenvalue weighted by atomic mass is 9.98. The lowest BCUT2D eigenvalue weighted by Gasteiger charge is -2.44. The molecule has 2 heterocycles. The van der Waals surface area contributed by atoms with Crippen LogP contribution in [0.15, 0.2) is 170 Å². The number of hydrogen-bond donors (Lipinski definition) is 1. The van der Waals surface area contributed by atoms with Crippen molar-refractivity contribution in [1.29, 1.82) is 0 Å². The molecule has 0 bridgehead atoms. The second kappa shape index (κ2) is 21.6. The lowest BCUT2D eigenvalue weighted by Crippen LogP contribution is -2.61. The van der Waals surface area contributed by atoms with E-state index in [1.54, 1.807) is 12.1 Å². The maximum atomic E-state index is 14.5. The van der Waals surface area contributed by atoms with Gasteiger partial charge in [-0.3, -0.25) is 4.79 Å². The topological polar surface area (TPSA) is 107 Å². The Morgan fingerprint density at radius 2 is 1.08 bits per heavy atom. The molecule has 6 aromatic carbocycles. The minimum absolute atomic E-state index is 0.00239. The van der Waals surface area contributed by atoms with Gasteiger partial charge in [0, 0.05) is 6.20 Å². The van der Waals surface area contributed by atoms with Gasteiger partial charge in [-0.25, -0.2) is 0 Å². The predicted octanol–water partition coefficient (Wildman–Crippen LogP) is 9.99. The summed E-state index contributed by atoms with van der Waals surface area (Å²) in [6, 6.07) is 49.9. The maximum Gasteiger partial charge on any atom is 0.454 e. The van der Waals surface area contributed by atoms with Gasteiger partial charge in [-0.2, -0.15) is 13.2 Å². The van der Waals surface area contributed by atoms with E-state index in [0.29, 0.717) is 0 Å². The number of ketones is 1. The molecule has 336 valence electrons. The fourth-order valence-electron chi connectivity index (χ4n) is 7.61. The van der Waals surface area contributed by atoms with E-state index in [2.05, 4.69) is 0 Å². The monoisotopic (exact) mass is 887 g/mol. The number of nitrogens with zero attached hydrogens (tertiary/aromatic N) is 1. The number of hydrogen-bond acceptors (Lipinski definition) is 9. The van der Waals surface area contributed by atoms with E-state index >= 15 is 0 Å². The molecule has 7 aromatic rings. The molecule has 0 unspecified atom stereocenters. The van der Waals surface area contributed by atoms with Gasteiger partial charge < -0.3 is 42.8 Å².